The lowest BCUT2D eigenvalue weighted by Crippen LogP contribution is -2.56. The van der Waals surface area contributed by atoms with Gasteiger partial charge >= 0.3 is 0 Å². The van der Waals surface area contributed by atoms with Crippen LogP contribution >= 0.6 is 11.3 Å². The molecule has 23 heavy (non-hydrogen) atoms. The maximum absolute atomic E-state index is 11.9. The van der Waals surface area contributed by atoms with Crippen molar-refractivity contribution in [3.63, 3.8) is 0 Å². The molecule has 0 unspecified atom stereocenters. The number of carbonyl (C=O) groups is 1. The number of benzene rings is 1. The zero-order valence-electron chi connectivity index (χ0n) is 13.0. The number of ether oxygens (including phenoxy) is 2. The topological polar surface area (TPSA) is 50.8 Å². The third kappa shape index (κ3) is 4.24. The second-order valence-corrected chi connectivity index (χ2v) is 6.47. The molecule has 3 rings (SSSR count). The number of rotatable bonds is 7. The average Bonchev–Trinajstić information content (AvgIpc) is 3.04. The molecule has 2 aromatic rings. The van der Waals surface area contributed by atoms with Crippen LogP contribution in [0.2, 0.25) is 0 Å². The van der Waals surface area contributed by atoms with Crippen molar-refractivity contribution in [2.75, 3.05) is 26.7 Å². The van der Waals surface area contributed by atoms with Crippen molar-refractivity contribution in [2.45, 2.75) is 12.6 Å². The Morgan fingerprint density at radius 3 is 2.74 bits per heavy atom. The van der Waals surface area contributed by atoms with Crippen LogP contribution in [0.4, 0.5) is 0 Å². The van der Waals surface area contributed by atoms with E-state index in [0.29, 0.717) is 13.1 Å². The van der Waals surface area contributed by atoms with Gasteiger partial charge in [0.05, 0.1) is 20.2 Å². The molecule has 0 bridgehead atoms. The van der Waals surface area contributed by atoms with E-state index in [0.717, 1.165) is 24.6 Å². The van der Waals surface area contributed by atoms with Crippen LogP contribution in [0.5, 0.6) is 11.5 Å². The summed E-state index contributed by atoms with van der Waals surface area (Å²) in [5, 5.41) is 4.95. The van der Waals surface area contributed by atoms with Crippen molar-refractivity contribution in [1.29, 1.82) is 0 Å². The van der Waals surface area contributed by atoms with Gasteiger partial charge in [-0.25, -0.2) is 0 Å². The number of thiophene rings is 1. The number of methoxy groups -OCH3 is 1. The van der Waals surface area contributed by atoms with Gasteiger partial charge < -0.3 is 14.8 Å². The highest BCUT2D eigenvalue weighted by Crippen LogP contribution is 2.28. The van der Waals surface area contributed by atoms with E-state index in [2.05, 4.69) is 10.2 Å². The number of hydrogen-bond donors (Lipinski definition) is 1. The van der Waals surface area contributed by atoms with Gasteiger partial charge in [0.25, 0.3) is 0 Å². The predicted octanol–water partition coefficient (Wildman–Crippen LogP) is 2.14. The zero-order chi connectivity index (χ0) is 16.1. The van der Waals surface area contributed by atoms with Crippen LogP contribution in [0.25, 0.3) is 0 Å². The second kappa shape index (κ2) is 7.48. The molecule has 1 fully saturated rings. The maximum atomic E-state index is 11.9. The third-order valence-corrected chi connectivity index (χ3v) is 4.57. The highest BCUT2D eigenvalue weighted by atomic mass is 32.1. The highest BCUT2D eigenvalue weighted by molar-refractivity contribution is 7.09. The van der Waals surface area contributed by atoms with Crippen molar-refractivity contribution < 1.29 is 14.3 Å². The van der Waals surface area contributed by atoms with Crippen LogP contribution in [0.15, 0.2) is 41.8 Å². The molecule has 0 saturated carbocycles. The molecule has 0 atom stereocenters. The highest BCUT2D eigenvalue weighted by Gasteiger charge is 2.30. The van der Waals surface area contributed by atoms with Gasteiger partial charge in [0.1, 0.15) is 6.10 Å². The Hall–Kier alpha value is -2.05. The standard InChI is InChI=1S/C17H20N2O3S/c1-21-15-6-2-3-7-16(15)22-13-10-19(11-13)12-17(20)18-9-14-5-4-8-23-14/h2-8,13H,9-12H2,1H3,(H,18,20). The summed E-state index contributed by atoms with van der Waals surface area (Å²) in [6, 6.07) is 11.6. The minimum absolute atomic E-state index is 0.0501. The summed E-state index contributed by atoms with van der Waals surface area (Å²) in [5.41, 5.74) is 0. The van der Waals surface area contributed by atoms with E-state index in [4.69, 9.17) is 9.47 Å². The first-order valence-electron chi connectivity index (χ1n) is 7.55. The molecule has 122 valence electrons. The summed E-state index contributed by atoms with van der Waals surface area (Å²) in [6.45, 7) is 2.53. The number of nitrogens with one attached hydrogen (secondary N) is 1. The molecule has 6 heteroatoms. The molecule has 0 radical (unpaired) electrons. The molecule has 5 nitrogen and oxygen atoms in total. The average molecular weight is 332 g/mol. The number of hydrogen-bond acceptors (Lipinski definition) is 5. The fraction of sp³-hybridized carbons (Fsp3) is 0.353. The van der Waals surface area contributed by atoms with Crippen LogP contribution in [-0.4, -0.2) is 43.7 Å². The molecule has 1 saturated heterocycles. The van der Waals surface area contributed by atoms with E-state index < -0.39 is 0 Å². The van der Waals surface area contributed by atoms with Gasteiger partial charge in [-0.3, -0.25) is 9.69 Å². The summed E-state index contributed by atoms with van der Waals surface area (Å²) in [5.74, 6) is 1.54. The molecule has 1 aromatic heterocycles. The first-order chi connectivity index (χ1) is 11.2. The summed E-state index contributed by atoms with van der Waals surface area (Å²) < 4.78 is 11.2. The molecule has 1 amide bonds. The van der Waals surface area contributed by atoms with Crippen LogP contribution in [0.3, 0.4) is 0 Å². The largest absolute Gasteiger partial charge is 0.493 e. The van der Waals surface area contributed by atoms with Gasteiger partial charge in [0.2, 0.25) is 5.91 Å². The Labute approximate surface area is 139 Å². The van der Waals surface area contributed by atoms with E-state index in [1.54, 1.807) is 18.4 Å². The molecule has 0 aliphatic carbocycles. The maximum Gasteiger partial charge on any atom is 0.234 e. The molecule has 1 aromatic carbocycles. The van der Waals surface area contributed by atoms with Gasteiger partial charge in [0, 0.05) is 18.0 Å². The lowest BCUT2D eigenvalue weighted by Gasteiger charge is -2.38. The minimum Gasteiger partial charge on any atom is -0.493 e. The first-order valence-corrected chi connectivity index (χ1v) is 8.43. The molecular formula is C17H20N2O3S. The van der Waals surface area contributed by atoms with Crippen LogP contribution in [-0.2, 0) is 11.3 Å². The monoisotopic (exact) mass is 332 g/mol. The van der Waals surface area contributed by atoms with E-state index in [1.807, 2.05) is 41.8 Å². The number of likely N-dealkylation sites (tertiary alicyclic amines) is 1. The van der Waals surface area contributed by atoms with Gasteiger partial charge in [-0.1, -0.05) is 18.2 Å². The number of para-hydroxylation sites is 2. The van der Waals surface area contributed by atoms with E-state index in [1.165, 1.54) is 4.88 Å². The first kappa shape index (κ1) is 15.8. The Balaban J connectivity index is 1.38. The molecule has 0 spiro atoms. The van der Waals surface area contributed by atoms with E-state index >= 15 is 0 Å². The summed E-state index contributed by atoms with van der Waals surface area (Å²) >= 11 is 1.65. The second-order valence-electron chi connectivity index (χ2n) is 5.44. The fourth-order valence-electron chi connectivity index (χ4n) is 2.48. The van der Waals surface area contributed by atoms with E-state index in [9.17, 15) is 4.79 Å². The van der Waals surface area contributed by atoms with Crippen LogP contribution in [0, 0.1) is 0 Å². The zero-order valence-corrected chi connectivity index (χ0v) is 13.8. The van der Waals surface area contributed by atoms with Crippen molar-refractivity contribution in [3.8, 4) is 11.5 Å². The molecular weight excluding hydrogens is 312 g/mol. The van der Waals surface area contributed by atoms with Crippen molar-refractivity contribution >= 4 is 17.2 Å². The van der Waals surface area contributed by atoms with Crippen molar-refractivity contribution in [3.05, 3.63) is 46.7 Å². The number of carbonyl (C=O) groups excluding carboxylic acids is 1. The Morgan fingerprint density at radius 1 is 1.26 bits per heavy atom. The van der Waals surface area contributed by atoms with Crippen LogP contribution in [0.1, 0.15) is 4.88 Å². The molecule has 2 heterocycles. The Kier molecular flexibility index (Phi) is 5.15. The predicted molar refractivity (Wildman–Crippen MR) is 90.0 cm³/mol. The normalized spacial score (nSPS) is 15.0. The molecule has 1 aliphatic heterocycles. The van der Waals surface area contributed by atoms with Gasteiger partial charge in [-0.05, 0) is 23.6 Å². The number of nitrogens with zero attached hydrogens (tertiary/aromatic N) is 1. The molecule has 1 aliphatic rings. The quantitative estimate of drug-likeness (QED) is 0.844. The summed E-state index contributed by atoms with van der Waals surface area (Å²) in [6.07, 6.45) is 0.108. The summed E-state index contributed by atoms with van der Waals surface area (Å²) in [4.78, 5) is 15.1. The van der Waals surface area contributed by atoms with Gasteiger partial charge in [-0.15, -0.1) is 11.3 Å². The minimum atomic E-state index is 0.0501. The van der Waals surface area contributed by atoms with Crippen molar-refractivity contribution in [1.82, 2.24) is 10.2 Å². The fourth-order valence-corrected chi connectivity index (χ4v) is 3.12. The number of amides is 1. The SMILES string of the molecule is COc1ccccc1OC1CN(CC(=O)NCc2cccs2)C1. The lowest BCUT2D eigenvalue weighted by atomic mass is 10.1. The van der Waals surface area contributed by atoms with E-state index in [-0.39, 0.29) is 12.0 Å². The smallest absolute Gasteiger partial charge is 0.234 e. The summed E-state index contributed by atoms with van der Waals surface area (Å²) in [7, 11) is 1.63. The van der Waals surface area contributed by atoms with Gasteiger partial charge in [0.15, 0.2) is 11.5 Å². The lowest BCUT2D eigenvalue weighted by molar-refractivity contribution is -0.124. The Bertz CT molecular complexity index is 639. The van der Waals surface area contributed by atoms with Crippen LogP contribution < -0.4 is 14.8 Å². The Morgan fingerprint density at radius 2 is 2.04 bits per heavy atom. The molecule has 1 N–H and O–H groups in total. The third-order valence-electron chi connectivity index (χ3n) is 3.69. The van der Waals surface area contributed by atoms with Gasteiger partial charge in [-0.2, -0.15) is 0 Å². The van der Waals surface area contributed by atoms with Crippen molar-refractivity contribution in [2.24, 2.45) is 0 Å².